The Kier molecular flexibility index (Phi) is 5.89. The van der Waals surface area contributed by atoms with E-state index in [1.54, 1.807) is 12.3 Å². The molecule has 1 unspecified atom stereocenters. The van der Waals surface area contributed by atoms with Crippen LogP contribution in [0.3, 0.4) is 0 Å². The highest BCUT2D eigenvalue weighted by Gasteiger charge is 2.26. The van der Waals surface area contributed by atoms with E-state index in [0.717, 1.165) is 43.3 Å². The molecular formula is C20H24N4O2S. The molecule has 2 fully saturated rings. The van der Waals surface area contributed by atoms with Crippen LogP contribution >= 0.6 is 11.8 Å². The van der Waals surface area contributed by atoms with Crippen molar-refractivity contribution in [3.8, 4) is 5.88 Å². The molecule has 7 heteroatoms. The van der Waals surface area contributed by atoms with Crippen LogP contribution in [0.15, 0.2) is 42.7 Å². The van der Waals surface area contributed by atoms with E-state index in [0.29, 0.717) is 24.5 Å². The number of hydrogen-bond acceptors (Lipinski definition) is 6. The number of piperazine rings is 1. The summed E-state index contributed by atoms with van der Waals surface area (Å²) in [5.74, 6) is 2.57. The van der Waals surface area contributed by atoms with Crippen molar-refractivity contribution in [1.29, 1.82) is 0 Å². The van der Waals surface area contributed by atoms with Gasteiger partial charge in [0.05, 0.1) is 5.69 Å². The third kappa shape index (κ3) is 4.59. The zero-order valence-corrected chi connectivity index (χ0v) is 16.1. The second-order valence-electron chi connectivity index (χ2n) is 6.85. The van der Waals surface area contributed by atoms with Crippen molar-refractivity contribution in [2.45, 2.75) is 19.1 Å². The number of ether oxygens (including phenoxy) is 1. The average molecular weight is 385 g/mol. The summed E-state index contributed by atoms with van der Waals surface area (Å²) in [7, 11) is 0. The smallest absolute Gasteiger partial charge is 0.259 e. The monoisotopic (exact) mass is 384 g/mol. The quantitative estimate of drug-likeness (QED) is 0.789. The van der Waals surface area contributed by atoms with Gasteiger partial charge in [0.2, 0.25) is 5.88 Å². The molecule has 0 aromatic carbocycles. The number of aromatic nitrogens is 2. The molecule has 0 saturated carbocycles. The summed E-state index contributed by atoms with van der Waals surface area (Å²) < 4.78 is 6.02. The van der Waals surface area contributed by atoms with Gasteiger partial charge in [-0.3, -0.25) is 14.7 Å². The van der Waals surface area contributed by atoms with Gasteiger partial charge in [-0.15, -0.1) is 0 Å². The van der Waals surface area contributed by atoms with Crippen molar-refractivity contribution in [3.05, 3.63) is 54.0 Å². The van der Waals surface area contributed by atoms with Gasteiger partial charge >= 0.3 is 0 Å². The first-order valence-electron chi connectivity index (χ1n) is 9.40. The first-order valence-corrected chi connectivity index (χ1v) is 10.6. The molecule has 142 valence electrons. The highest BCUT2D eigenvalue weighted by atomic mass is 32.2. The van der Waals surface area contributed by atoms with Crippen molar-refractivity contribution in [2.75, 3.05) is 37.7 Å². The van der Waals surface area contributed by atoms with Crippen LogP contribution in [0.1, 0.15) is 22.5 Å². The summed E-state index contributed by atoms with van der Waals surface area (Å²) in [6.45, 7) is 3.93. The number of rotatable bonds is 5. The maximum atomic E-state index is 13.0. The summed E-state index contributed by atoms with van der Waals surface area (Å²) in [4.78, 5) is 26.0. The van der Waals surface area contributed by atoms with E-state index in [9.17, 15) is 4.79 Å². The van der Waals surface area contributed by atoms with Gasteiger partial charge in [-0.05, 0) is 36.4 Å². The lowest BCUT2D eigenvalue weighted by Gasteiger charge is -2.34. The topological polar surface area (TPSA) is 58.6 Å². The van der Waals surface area contributed by atoms with Gasteiger partial charge in [-0.1, -0.05) is 6.07 Å². The van der Waals surface area contributed by atoms with Crippen molar-refractivity contribution >= 4 is 17.7 Å². The Labute approximate surface area is 163 Å². The summed E-state index contributed by atoms with van der Waals surface area (Å²) in [6.07, 6.45) is 4.69. The molecule has 6 nitrogen and oxygen atoms in total. The third-order valence-corrected chi connectivity index (χ3v) is 6.07. The minimum absolute atomic E-state index is 0.0150. The second-order valence-corrected chi connectivity index (χ2v) is 8.00. The van der Waals surface area contributed by atoms with Crippen LogP contribution in [0.25, 0.3) is 0 Å². The second kappa shape index (κ2) is 8.71. The molecule has 0 radical (unpaired) electrons. The SMILES string of the molecule is O=C(c1cccnc1OC1CCSC1)N1CCN(Cc2ccccn2)CC1. The zero-order chi connectivity index (χ0) is 18.5. The number of amides is 1. The van der Waals surface area contributed by atoms with Crippen molar-refractivity contribution in [2.24, 2.45) is 0 Å². The highest BCUT2D eigenvalue weighted by molar-refractivity contribution is 7.99. The molecule has 27 heavy (non-hydrogen) atoms. The molecule has 1 amide bonds. The van der Waals surface area contributed by atoms with Crippen molar-refractivity contribution in [1.82, 2.24) is 19.8 Å². The van der Waals surface area contributed by atoms with E-state index >= 15 is 0 Å². The number of thioether (sulfide) groups is 1. The van der Waals surface area contributed by atoms with Crippen LogP contribution in [-0.4, -0.2) is 69.5 Å². The largest absolute Gasteiger partial charge is 0.473 e. The molecule has 0 bridgehead atoms. The van der Waals surface area contributed by atoms with Gasteiger partial charge in [0.25, 0.3) is 5.91 Å². The van der Waals surface area contributed by atoms with Crippen LogP contribution in [0, 0.1) is 0 Å². The summed E-state index contributed by atoms with van der Waals surface area (Å²) in [6, 6.07) is 9.61. The van der Waals surface area contributed by atoms with Gasteiger partial charge in [-0.2, -0.15) is 11.8 Å². The Morgan fingerprint density at radius 1 is 1.11 bits per heavy atom. The van der Waals surface area contributed by atoms with E-state index < -0.39 is 0 Å². The van der Waals surface area contributed by atoms with Crippen LogP contribution < -0.4 is 4.74 Å². The molecule has 2 saturated heterocycles. The Morgan fingerprint density at radius 3 is 2.70 bits per heavy atom. The summed E-state index contributed by atoms with van der Waals surface area (Å²) >= 11 is 1.89. The maximum Gasteiger partial charge on any atom is 0.259 e. The lowest BCUT2D eigenvalue weighted by Crippen LogP contribution is -2.48. The number of hydrogen-bond donors (Lipinski definition) is 0. The number of pyridine rings is 2. The van der Waals surface area contributed by atoms with Crippen LogP contribution in [-0.2, 0) is 6.54 Å². The predicted octanol–water partition coefficient (Wildman–Crippen LogP) is 2.32. The molecule has 0 N–H and O–H groups in total. The number of carbonyl (C=O) groups is 1. The molecule has 2 aromatic heterocycles. The lowest BCUT2D eigenvalue weighted by molar-refractivity contribution is 0.0620. The van der Waals surface area contributed by atoms with Crippen LogP contribution in [0.4, 0.5) is 0 Å². The molecule has 0 spiro atoms. The minimum Gasteiger partial charge on any atom is -0.473 e. The Balaban J connectivity index is 1.36. The molecule has 2 aromatic rings. The first kappa shape index (κ1) is 18.3. The van der Waals surface area contributed by atoms with E-state index in [1.807, 2.05) is 47.1 Å². The maximum absolute atomic E-state index is 13.0. The van der Waals surface area contributed by atoms with Gasteiger partial charge in [-0.25, -0.2) is 4.98 Å². The predicted molar refractivity (Wildman–Crippen MR) is 106 cm³/mol. The fourth-order valence-corrected chi connectivity index (χ4v) is 4.51. The molecule has 4 rings (SSSR count). The molecule has 1 atom stereocenters. The first-order chi connectivity index (χ1) is 13.3. The van der Waals surface area contributed by atoms with E-state index in [4.69, 9.17) is 4.74 Å². The highest BCUT2D eigenvalue weighted by Crippen LogP contribution is 2.25. The average Bonchev–Trinajstić information content (AvgIpc) is 3.22. The Bertz CT molecular complexity index is 760. The van der Waals surface area contributed by atoms with Gasteiger partial charge in [0.15, 0.2) is 0 Å². The van der Waals surface area contributed by atoms with E-state index in [2.05, 4.69) is 14.9 Å². The summed E-state index contributed by atoms with van der Waals surface area (Å²) in [5.41, 5.74) is 1.64. The van der Waals surface area contributed by atoms with Gasteiger partial charge in [0, 0.05) is 50.9 Å². The minimum atomic E-state index is 0.0150. The van der Waals surface area contributed by atoms with Crippen LogP contribution in [0.5, 0.6) is 5.88 Å². The Hall–Kier alpha value is -2.12. The lowest BCUT2D eigenvalue weighted by atomic mass is 10.2. The van der Waals surface area contributed by atoms with Crippen molar-refractivity contribution < 1.29 is 9.53 Å². The molecule has 2 aliphatic rings. The van der Waals surface area contributed by atoms with Crippen LogP contribution in [0.2, 0.25) is 0 Å². The van der Waals surface area contributed by atoms with Gasteiger partial charge in [0.1, 0.15) is 11.7 Å². The van der Waals surface area contributed by atoms with E-state index in [-0.39, 0.29) is 12.0 Å². The normalized spacial score (nSPS) is 20.6. The third-order valence-electron chi connectivity index (χ3n) is 4.94. The van der Waals surface area contributed by atoms with Gasteiger partial charge < -0.3 is 9.64 Å². The number of carbonyl (C=O) groups excluding carboxylic acids is 1. The number of nitrogens with zero attached hydrogens (tertiary/aromatic N) is 4. The molecule has 0 aliphatic carbocycles. The Morgan fingerprint density at radius 2 is 1.96 bits per heavy atom. The molecule has 2 aliphatic heterocycles. The standard InChI is InChI=1S/C20H24N4O2S/c25-20(18-5-3-8-22-19(18)26-17-6-13-27-15-17)24-11-9-23(10-12-24)14-16-4-1-2-7-21-16/h1-5,7-8,17H,6,9-15H2. The van der Waals surface area contributed by atoms with E-state index in [1.165, 1.54) is 0 Å². The molecular weight excluding hydrogens is 360 g/mol. The fourth-order valence-electron chi connectivity index (χ4n) is 3.41. The molecule has 4 heterocycles. The summed E-state index contributed by atoms with van der Waals surface area (Å²) in [5, 5.41) is 0. The zero-order valence-electron chi connectivity index (χ0n) is 15.3. The fraction of sp³-hybridized carbons (Fsp3) is 0.450. The van der Waals surface area contributed by atoms with Crippen molar-refractivity contribution in [3.63, 3.8) is 0 Å².